The minimum atomic E-state index is -3.72. The highest BCUT2D eigenvalue weighted by Gasteiger charge is 2.17. The molecule has 1 fully saturated rings. The first-order valence-electron chi connectivity index (χ1n) is 7.97. The van der Waals surface area contributed by atoms with E-state index in [9.17, 15) is 8.42 Å². The van der Waals surface area contributed by atoms with Crippen LogP contribution in [0.3, 0.4) is 0 Å². The van der Waals surface area contributed by atoms with Gasteiger partial charge in [-0.15, -0.1) is 0 Å². The third-order valence-electron chi connectivity index (χ3n) is 3.99. The van der Waals surface area contributed by atoms with Gasteiger partial charge in [0.25, 0.3) is 0 Å². The molecule has 1 saturated heterocycles. The zero-order valence-corrected chi connectivity index (χ0v) is 15.8. The molecular weight excluding hydrogens is 383 g/mol. The van der Waals surface area contributed by atoms with Crippen LogP contribution < -0.4 is 9.62 Å². The Morgan fingerprint density at radius 3 is 2.56 bits per heavy atom. The second kappa shape index (κ2) is 7.86. The van der Waals surface area contributed by atoms with Crippen LogP contribution in [0.2, 0.25) is 10.0 Å². The lowest BCUT2D eigenvalue weighted by molar-refractivity contribution is 0.569. The van der Waals surface area contributed by atoms with Gasteiger partial charge in [0.1, 0.15) is 11.6 Å². The predicted molar refractivity (Wildman–Crippen MR) is 98.6 cm³/mol. The molecule has 6 nitrogen and oxygen atoms in total. The summed E-state index contributed by atoms with van der Waals surface area (Å²) < 4.78 is 27.2. The van der Waals surface area contributed by atoms with Crippen molar-refractivity contribution in [3.63, 3.8) is 0 Å². The topological polar surface area (TPSA) is 75.2 Å². The number of aromatic nitrogens is 2. The fourth-order valence-corrected chi connectivity index (χ4v) is 4.03. The van der Waals surface area contributed by atoms with Gasteiger partial charge in [-0.2, -0.15) is 0 Å². The van der Waals surface area contributed by atoms with E-state index in [0.29, 0.717) is 10.8 Å². The van der Waals surface area contributed by atoms with Gasteiger partial charge in [-0.3, -0.25) is 0 Å². The van der Waals surface area contributed by atoms with Crippen molar-refractivity contribution in [2.24, 2.45) is 0 Å². The molecule has 2 aromatic rings. The second-order valence-electron chi connectivity index (χ2n) is 5.78. The third-order valence-corrected chi connectivity index (χ3v) is 6.13. The Morgan fingerprint density at radius 2 is 1.84 bits per heavy atom. The molecule has 1 aromatic heterocycles. The van der Waals surface area contributed by atoms with E-state index in [4.69, 9.17) is 23.2 Å². The molecule has 1 aliphatic heterocycles. The van der Waals surface area contributed by atoms with Crippen LogP contribution in [0.1, 0.15) is 25.1 Å². The van der Waals surface area contributed by atoms with E-state index in [2.05, 4.69) is 19.6 Å². The molecule has 0 unspecified atom stereocenters. The van der Waals surface area contributed by atoms with Gasteiger partial charge in [0.15, 0.2) is 0 Å². The minimum absolute atomic E-state index is 0.00423. The van der Waals surface area contributed by atoms with Crippen molar-refractivity contribution in [2.45, 2.75) is 30.7 Å². The zero-order valence-electron chi connectivity index (χ0n) is 13.5. The van der Waals surface area contributed by atoms with Gasteiger partial charge < -0.3 is 4.90 Å². The van der Waals surface area contributed by atoms with Gasteiger partial charge in [-0.1, -0.05) is 23.2 Å². The van der Waals surface area contributed by atoms with Crippen molar-refractivity contribution in [3.05, 3.63) is 46.3 Å². The molecule has 0 aliphatic carbocycles. The highest BCUT2D eigenvalue weighted by Crippen LogP contribution is 2.24. The number of hydrogen-bond acceptors (Lipinski definition) is 5. The van der Waals surface area contributed by atoms with Crippen LogP contribution in [-0.4, -0.2) is 31.5 Å². The third kappa shape index (κ3) is 4.61. The number of hydrogen-bond donors (Lipinski definition) is 1. The number of halogens is 2. The van der Waals surface area contributed by atoms with Gasteiger partial charge in [0.05, 0.1) is 21.5 Å². The average Bonchev–Trinajstić information content (AvgIpc) is 2.63. The Labute approximate surface area is 157 Å². The summed E-state index contributed by atoms with van der Waals surface area (Å²) in [6.45, 7) is 1.93. The maximum atomic E-state index is 12.4. The minimum Gasteiger partial charge on any atom is -0.357 e. The number of piperidine rings is 1. The Morgan fingerprint density at radius 1 is 1.08 bits per heavy atom. The molecule has 9 heteroatoms. The number of rotatable bonds is 5. The van der Waals surface area contributed by atoms with E-state index in [0.717, 1.165) is 31.7 Å². The molecule has 0 spiro atoms. The van der Waals surface area contributed by atoms with Crippen molar-refractivity contribution < 1.29 is 8.42 Å². The number of benzene rings is 1. The van der Waals surface area contributed by atoms with Crippen molar-refractivity contribution >= 4 is 39.0 Å². The SMILES string of the molecule is O=S(=O)(NCc1nccc(N2CCCCC2)n1)c1ccc(Cl)c(Cl)c1. The van der Waals surface area contributed by atoms with Crippen molar-refractivity contribution in [2.75, 3.05) is 18.0 Å². The van der Waals surface area contributed by atoms with Gasteiger partial charge in [-0.25, -0.2) is 23.1 Å². The Balaban J connectivity index is 1.71. The molecule has 3 rings (SSSR count). The normalized spacial score (nSPS) is 15.4. The largest absolute Gasteiger partial charge is 0.357 e. The molecule has 1 N–H and O–H groups in total. The van der Waals surface area contributed by atoms with Crippen LogP contribution in [0.4, 0.5) is 5.82 Å². The molecule has 1 aliphatic rings. The van der Waals surface area contributed by atoms with E-state index in [1.807, 2.05) is 6.07 Å². The molecule has 0 atom stereocenters. The van der Waals surface area contributed by atoms with E-state index >= 15 is 0 Å². The highest BCUT2D eigenvalue weighted by molar-refractivity contribution is 7.89. The van der Waals surface area contributed by atoms with Crippen LogP contribution in [-0.2, 0) is 16.6 Å². The van der Waals surface area contributed by atoms with Crippen LogP contribution in [0.5, 0.6) is 0 Å². The lowest BCUT2D eigenvalue weighted by atomic mass is 10.1. The summed E-state index contributed by atoms with van der Waals surface area (Å²) in [6, 6.07) is 6.02. The summed E-state index contributed by atoms with van der Waals surface area (Å²) in [7, 11) is -3.72. The summed E-state index contributed by atoms with van der Waals surface area (Å²) in [5.41, 5.74) is 0. The van der Waals surface area contributed by atoms with Gasteiger partial charge in [-0.05, 0) is 43.5 Å². The molecule has 1 aromatic carbocycles. The number of anilines is 1. The average molecular weight is 401 g/mol. The zero-order chi connectivity index (χ0) is 17.9. The monoisotopic (exact) mass is 400 g/mol. The molecular formula is C16H18Cl2N4O2S. The second-order valence-corrected chi connectivity index (χ2v) is 8.36. The van der Waals surface area contributed by atoms with Crippen molar-refractivity contribution in [3.8, 4) is 0 Å². The van der Waals surface area contributed by atoms with E-state index in [1.165, 1.54) is 24.6 Å². The fraction of sp³-hybridized carbons (Fsp3) is 0.375. The van der Waals surface area contributed by atoms with Crippen LogP contribution in [0.25, 0.3) is 0 Å². The summed E-state index contributed by atoms with van der Waals surface area (Å²) in [5, 5.41) is 0.492. The first kappa shape index (κ1) is 18.4. The number of nitrogens with one attached hydrogen (secondary N) is 1. The van der Waals surface area contributed by atoms with Crippen molar-refractivity contribution in [1.29, 1.82) is 0 Å². The quantitative estimate of drug-likeness (QED) is 0.833. The van der Waals surface area contributed by atoms with Crippen LogP contribution >= 0.6 is 23.2 Å². The van der Waals surface area contributed by atoms with E-state index < -0.39 is 10.0 Å². The Kier molecular flexibility index (Phi) is 5.78. The number of sulfonamides is 1. The summed E-state index contributed by atoms with van der Waals surface area (Å²) in [6.07, 6.45) is 5.17. The standard InChI is InChI=1S/C16H18Cl2N4O2S/c17-13-5-4-12(10-14(13)18)25(23,24)20-11-15-19-7-6-16(21-15)22-8-2-1-3-9-22/h4-7,10,20H,1-3,8-9,11H2. The Hall–Kier alpha value is -1.41. The number of nitrogens with zero attached hydrogens (tertiary/aromatic N) is 3. The molecule has 2 heterocycles. The molecule has 0 amide bonds. The maximum Gasteiger partial charge on any atom is 0.241 e. The van der Waals surface area contributed by atoms with Crippen molar-refractivity contribution in [1.82, 2.24) is 14.7 Å². The molecule has 0 bridgehead atoms. The summed E-state index contributed by atoms with van der Waals surface area (Å²) >= 11 is 11.7. The predicted octanol–water partition coefficient (Wildman–Crippen LogP) is 3.25. The Bertz CT molecular complexity index is 855. The lowest BCUT2D eigenvalue weighted by Gasteiger charge is -2.27. The van der Waals surface area contributed by atoms with Crippen LogP contribution in [0.15, 0.2) is 35.4 Å². The van der Waals surface area contributed by atoms with Gasteiger partial charge in [0, 0.05) is 19.3 Å². The lowest BCUT2D eigenvalue weighted by Crippen LogP contribution is -2.31. The molecule has 0 radical (unpaired) electrons. The van der Waals surface area contributed by atoms with Gasteiger partial charge >= 0.3 is 0 Å². The van der Waals surface area contributed by atoms with E-state index in [-0.39, 0.29) is 16.5 Å². The maximum absolute atomic E-state index is 12.4. The highest BCUT2D eigenvalue weighted by atomic mass is 35.5. The van der Waals surface area contributed by atoms with E-state index in [1.54, 1.807) is 6.20 Å². The molecule has 0 saturated carbocycles. The van der Waals surface area contributed by atoms with Crippen LogP contribution in [0, 0.1) is 0 Å². The fourth-order valence-electron chi connectivity index (χ4n) is 2.66. The first-order chi connectivity index (χ1) is 12.0. The first-order valence-corrected chi connectivity index (χ1v) is 10.2. The molecule has 134 valence electrons. The summed E-state index contributed by atoms with van der Waals surface area (Å²) in [4.78, 5) is 10.9. The summed E-state index contributed by atoms with van der Waals surface area (Å²) in [5.74, 6) is 1.25. The van der Waals surface area contributed by atoms with Gasteiger partial charge in [0.2, 0.25) is 10.0 Å². The molecule has 25 heavy (non-hydrogen) atoms. The smallest absolute Gasteiger partial charge is 0.241 e.